The van der Waals surface area contributed by atoms with Crippen molar-refractivity contribution in [2.24, 2.45) is 0 Å². The van der Waals surface area contributed by atoms with Gasteiger partial charge < -0.3 is 19.4 Å². The summed E-state index contributed by atoms with van der Waals surface area (Å²) in [7, 11) is 2.84. The normalized spacial score (nSPS) is 12.9. The van der Waals surface area contributed by atoms with Crippen molar-refractivity contribution in [1.82, 2.24) is 19.9 Å². The third kappa shape index (κ3) is 6.84. The molecule has 2 N–H and O–H groups in total. The molecule has 5 heterocycles. The minimum absolute atomic E-state index is 0.251. The number of halogens is 1. The fourth-order valence-electron chi connectivity index (χ4n) is 7.45. The molecule has 0 atom stereocenters. The highest BCUT2D eigenvalue weighted by Crippen LogP contribution is 2.43. The number of aromatic nitrogens is 4. The molecule has 8 nitrogen and oxygen atoms in total. The summed E-state index contributed by atoms with van der Waals surface area (Å²) < 4.78 is 11.0. The van der Waals surface area contributed by atoms with Gasteiger partial charge in [-0.1, -0.05) is 41.9 Å². The first-order valence-electron chi connectivity index (χ1n) is 17.6. The van der Waals surface area contributed by atoms with Crippen LogP contribution >= 0.6 is 15.9 Å². The van der Waals surface area contributed by atoms with E-state index in [0.29, 0.717) is 12.8 Å². The van der Waals surface area contributed by atoms with Crippen LogP contribution in [-0.4, -0.2) is 46.1 Å². The van der Waals surface area contributed by atoms with Gasteiger partial charge in [0, 0.05) is 44.9 Å². The first-order valence-corrected chi connectivity index (χ1v) is 18.3. The minimum atomic E-state index is -0.262. The number of rotatable bonds is 9. The van der Waals surface area contributed by atoms with Crippen LogP contribution in [0.4, 0.5) is 0 Å². The molecule has 0 saturated carbocycles. The Morgan fingerprint density at radius 2 is 1.10 bits per heavy atom. The van der Waals surface area contributed by atoms with Crippen LogP contribution < -0.4 is 0 Å². The average molecular weight is 750 g/mol. The van der Waals surface area contributed by atoms with Gasteiger partial charge >= 0.3 is 11.9 Å². The molecule has 4 aromatic rings. The van der Waals surface area contributed by atoms with Crippen LogP contribution in [0.15, 0.2) is 46.9 Å². The molecular formula is C42H45BrN4O4. The lowest BCUT2D eigenvalue weighted by Gasteiger charge is -2.10. The second-order valence-corrected chi connectivity index (χ2v) is 14.1. The first-order chi connectivity index (χ1) is 24.5. The zero-order valence-electron chi connectivity index (χ0n) is 30.7. The molecule has 2 aliphatic rings. The summed E-state index contributed by atoms with van der Waals surface area (Å²) in [6.07, 6.45) is 3.14. The number of carbonyl (C=O) groups excluding carboxylic acids is 2. The van der Waals surface area contributed by atoms with Crippen molar-refractivity contribution in [3.63, 3.8) is 0 Å². The van der Waals surface area contributed by atoms with Gasteiger partial charge in [-0.25, -0.2) is 9.97 Å². The zero-order valence-corrected chi connectivity index (χ0v) is 32.3. The Balaban J connectivity index is 1.80. The van der Waals surface area contributed by atoms with Crippen molar-refractivity contribution < 1.29 is 19.1 Å². The van der Waals surface area contributed by atoms with E-state index in [2.05, 4.69) is 110 Å². The molecule has 8 bridgehead atoms. The van der Waals surface area contributed by atoms with E-state index in [1.54, 1.807) is 0 Å². The van der Waals surface area contributed by atoms with E-state index in [9.17, 15) is 9.59 Å². The Bertz CT molecular complexity index is 2150. The molecular weight excluding hydrogens is 704 g/mol. The van der Waals surface area contributed by atoms with Gasteiger partial charge in [0.15, 0.2) is 0 Å². The minimum Gasteiger partial charge on any atom is -0.469 e. The fourth-order valence-corrected chi connectivity index (χ4v) is 7.71. The van der Waals surface area contributed by atoms with Gasteiger partial charge in [0.2, 0.25) is 0 Å². The highest BCUT2D eigenvalue weighted by atomic mass is 79.9. The summed E-state index contributed by atoms with van der Waals surface area (Å²) >= 11 is 3.63. The van der Waals surface area contributed by atoms with Crippen molar-refractivity contribution >= 4 is 72.2 Å². The molecule has 2 aliphatic heterocycles. The third-order valence-corrected chi connectivity index (χ3v) is 10.9. The molecule has 0 saturated heterocycles. The van der Waals surface area contributed by atoms with Crippen LogP contribution in [0.1, 0.15) is 98.4 Å². The maximum atomic E-state index is 12.3. The van der Waals surface area contributed by atoms with Gasteiger partial charge in [0.1, 0.15) is 0 Å². The number of benzene rings is 1. The van der Waals surface area contributed by atoms with Crippen molar-refractivity contribution in [2.45, 2.75) is 80.1 Å². The molecule has 0 spiro atoms. The molecule has 0 aliphatic carbocycles. The molecule has 1 aromatic carbocycles. The van der Waals surface area contributed by atoms with E-state index in [4.69, 9.17) is 19.4 Å². The summed E-state index contributed by atoms with van der Waals surface area (Å²) in [5.41, 5.74) is 18.2. The van der Waals surface area contributed by atoms with Gasteiger partial charge in [0.25, 0.3) is 0 Å². The van der Waals surface area contributed by atoms with Crippen LogP contribution in [0.3, 0.4) is 0 Å². The van der Waals surface area contributed by atoms with Crippen molar-refractivity contribution in [1.29, 1.82) is 0 Å². The fraction of sp³-hybridized carbons (Fsp3) is 0.333. The largest absolute Gasteiger partial charge is 0.469 e. The number of methoxy groups -OCH3 is 2. The number of esters is 2. The number of carbonyl (C=O) groups is 2. The monoisotopic (exact) mass is 748 g/mol. The van der Waals surface area contributed by atoms with Gasteiger partial charge in [0.05, 0.1) is 37.0 Å². The highest BCUT2D eigenvalue weighted by molar-refractivity contribution is 9.10. The average Bonchev–Trinajstić information content (AvgIpc) is 3.79. The number of hydrogen-bond donors (Lipinski definition) is 2. The molecule has 264 valence electrons. The molecule has 0 amide bonds. The van der Waals surface area contributed by atoms with E-state index < -0.39 is 0 Å². The molecule has 0 radical (unpaired) electrons. The number of hydrogen-bond acceptors (Lipinski definition) is 6. The lowest BCUT2D eigenvalue weighted by molar-refractivity contribution is -0.141. The number of aromatic amines is 2. The van der Waals surface area contributed by atoms with E-state index in [0.717, 1.165) is 107 Å². The van der Waals surface area contributed by atoms with Crippen LogP contribution in [0.2, 0.25) is 0 Å². The number of aryl methyl sites for hydroxylation is 4. The second kappa shape index (κ2) is 14.8. The maximum Gasteiger partial charge on any atom is 0.305 e. The number of ether oxygens (including phenoxy) is 2. The summed E-state index contributed by atoms with van der Waals surface area (Å²) in [4.78, 5) is 42.9. The van der Waals surface area contributed by atoms with Gasteiger partial charge in [-0.05, 0) is 134 Å². The molecule has 0 unspecified atom stereocenters. The smallest absolute Gasteiger partial charge is 0.305 e. The number of fused-ring (bicyclic) bond motifs is 8. The van der Waals surface area contributed by atoms with Gasteiger partial charge in [-0.15, -0.1) is 0 Å². The summed E-state index contributed by atoms with van der Waals surface area (Å²) in [6, 6.07) is 14.8. The molecule has 0 fully saturated rings. The first kappa shape index (κ1) is 36.0. The Morgan fingerprint density at radius 3 is 1.49 bits per heavy atom. The second-order valence-electron chi connectivity index (χ2n) is 13.2. The van der Waals surface area contributed by atoms with Crippen LogP contribution in [0, 0.1) is 13.8 Å². The van der Waals surface area contributed by atoms with Crippen LogP contribution in [0.25, 0.3) is 55.5 Å². The van der Waals surface area contributed by atoms with Crippen LogP contribution in [0.5, 0.6) is 0 Å². The van der Waals surface area contributed by atoms with E-state index >= 15 is 0 Å². The molecule has 6 rings (SSSR count). The highest BCUT2D eigenvalue weighted by Gasteiger charge is 2.26. The molecule has 3 aromatic heterocycles. The van der Waals surface area contributed by atoms with Gasteiger partial charge in [-0.2, -0.15) is 0 Å². The predicted octanol–water partition coefficient (Wildman–Crippen LogP) is 10.3. The number of nitrogens with one attached hydrogen (secondary N) is 2. The predicted molar refractivity (Wildman–Crippen MR) is 210 cm³/mol. The van der Waals surface area contributed by atoms with E-state index in [1.807, 2.05) is 0 Å². The standard InChI is InChI=1S/C42H45BrN4O4/c1-9-28-24(5)41-40(26-11-13-27(43)14-12-26)42-25(6)29(10-2)35(47-42)20-33-23(4)31(16-18-39(49)51-8)37(45-33)21-36-30(15-17-38(48)50-7)22(3)32(44-36)19-34(28)46-41/h11-14,19-21,44-45H,9-10,15-18H2,1-8H3. The molecule has 51 heavy (non-hydrogen) atoms. The van der Waals surface area contributed by atoms with Crippen molar-refractivity contribution in [3.05, 3.63) is 92.0 Å². The SMILES string of the molecule is CCC1=C(C)c2nc1cc1[nH]c(cc3[nH]c(cc4nc(c2-c2ccc(Br)cc2)C(C)=C4CC)c(C)c3CCC(=O)OC)c(CCC(=O)OC)c1C. The molecule has 9 heteroatoms. The third-order valence-electron chi connectivity index (χ3n) is 10.4. The Kier molecular flexibility index (Phi) is 10.5. The lowest BCUT2D eigenvalue weighted by atomic mass is 9.93. The summed E-state index contributed by atoms with van der Waals surface area (Å²) in [5.74, 6) is -0.523. The van der Waals surface area contributed by atoms with Gasteiger partial charge in [-0.3, -0.25) is 9.59 Å². The quantitative estimate of drug-likeness (QED) is 0.165. The Morgan fingerprint density at radius 1 is 0.667 bits per heavy atom. The number of allylic oxidation sites excluding steroid dienone is 4. The topological polar surface area (TPSA) is 110 Å². The zero-order chi connectivity index (χ0) is 36.6. The Hall–Kier alpha value is -4.76. The lowest BCUT2D eigenvalue weighted by Crippen LogP contribution is -2.02. The summed E-state index contributed by atoms with van der Waals surface area (Å²) in [5, 5.41) is 0. The maximum absolute atomic E-state index is 12.3. The van der Waals surface area contributed by atoms with Crippen molar-refractivity contribution in [3.8, 4) is 11.1 Å². The summed E-state index contributed by atoms with van der Waals surface area (Å²) in [6.45, 7) is 12.8. The number of H-pyrrole nitrogens is 2. The van der Waals surface area contributed by atoms with Crippen molar-refractivity contribution in [2.75, 3.05) is 14.2 Å². The van der Waals surface area contributed by atoms with E-state index in [-0.39, 0.29) is 24.8 Å². The van der Waals surface area contributed by atoms with E-state index in [1.165, 1.54) is 25.4 Å². The van der Waals surface area contributed by atoms with Crippen LogP contribution in [-0.2, 0) is 31.9 Å². The number of nitrogens with zero attached hydrogens (tertiary/aromatic N) is 2. The Labute approximate surface area is 307 Å².